The number of nitrogens with two attached hydrogens (primary N) is 2. The SMILES string of the molecule is NCC[B]CC1OC(n2cnc3c(N)ncnc32)C(O)C1O. The van der Waals surface area contributed by atoms with E-state index < -0.39 is 24.5 Å². The fraction of sp³-hybridized carbons (Fsp3) is 0.583. The lowest BCUT2D eigenvalue weighted by Crippen LogP contribution is -2.32. The van der Waals surface area contributed by atoms with E-state index in [9.17, 15) is 10.2 Å². The van der Waals surface area contributed by atoms with Crippen molar-refractivity contribution in [3.05, 3.63) is 12.7 Å². The monoisotopic (exact) mass is 305 g/mol. The minimum atomic E-state index is -1.08. The zero-order valence-electron chi connectivity index (χ0n) is 11.9. The van der Waals surface area contributed by atoms with E-state index in [0.717, 1.165) is 6.32 Å². The van der Waals surface area contributed by atoms with Crippen LogP contribution in [0.5, 0.6) is 0 Å². The number of nitrogens with zero attached hydrogens (tertiary/aromatic N) is 4. The number of aliphatic hydroxyl groups excluding tert-OH is 2. The first kappa shape index (κ1) is 15.2. The van der Waals surface area contributed by atoms with Crippen molar-refractivity contribution in [3.8, 4) is 0 Å². The molecule has 0 saturated carbocycles. The summed E-state index contributed by atoms with van der Waals surface area (Å²) in [5.41, 5.74) is 12.1. The van der Waals surface area contributed by atoms with Crippen LogP contribution in [0, 0.1) is 0 Å². The molecule has 3 heterocycles. The van der Waals surface area contributed by atoms with Crippen molar-refractivity contribution < 1.29 is 14.9 Å². The Balaban J connectivity index is 1.83. The molecule has 22 heavy (non-hydrogen) atoms. The molecule has 2 aromatic heterocycles. The smallest absolute Gasteiger partial charge is 0.167 e. The second-order valence-electron chi connectivity index (χ2n) is 5.23. The normalized spacial score (nSPS) is 28.3. The molecule has 9 nitrogen and oxygen atoms in total. The van der Waals surface area contributed by atoms with Crippen LogP contribution in [0.15, 0.2) is 12.7 Å². The van der Waals surface area contributed by atoms with Crippen LogP contribution >= 0.6 is 0 Å². The van der Waals surface area contributed by atoms with Crippen LogP contribution in [-0.4, -0.2) is 61.9 Å². The van der Waals surface area contributed by atoms with Gasteiger partial charge in [-0.1, -0.05) is 12.6 Å². The molecular formula is C12H18BN6O3. The highest BCUT2D eigenvalue weighted by Gasteiger charge is 2.43. The van der Waals surface area contributed by atoms with E-state index in [1.165, 1.54) is 12.7 Å². The van der Waals surface area contributed by atoms with Crippen LogP contribution in [0.3, 0.4) is 0 Å². The Bertz CT molecular complexity index is 653. The number of nitrogen functional groups attached to an aromatic ring is 1. The van der Waals surface area contributed by atoms with Crippen molar-refractivity contribution in [2.75, 3.05) is 12.3 Å². The Morgan fingerprint density at radius 3 is 2.86 bits per heavy atom. The van der Waals surface area contributed by atoms with E-state index in [4.69, 9.17) is 16.2 Å². The standard InChI is InChI=1S/C12H18BN6O3/c14-2-1-13-3-6-8(20)9(21)12(22-6)19-5-18-7-10(15)16-4-17-11(7)19/h4-6,8-9,12,20-21H,1-3,14H2,(H2,15,16,17). The first-order valence-corrected chi connectivity index (χ1v) is 7.09. The van der Waals surface area contributed by atoms with Crippen LogP contribution in [0.2, 0.25) is 12.6 Å². The van der Waals surface area contributed by atoms with Gasteiger partial charge in [0, 0.05) is 0 Å². The summed E-state index contributed by atoms with van der Waals surface area (Å²) in [6, 6.07) is 0. The van der Waals surface area contributed by atoms with Gasteiger partial charge in [0.25, 0.3) is 0 Å². The van der Waals surface area contributed by atoms with E-state index in [1.54, 1.807) is 4.57 Å². The summed E-state index contributed by atoms with van der Waals surface area (Å²) in [4.78, 5) is 12.1. The van der Waals surface area contributed by atoms with Crippen molar-refractivity contribution in [2.45, 2.75) is 37.2 Å². The summed E-state index contributed by atoms with van der Waals surface area (Å²) in [6.45, 7) is 0.539. The van der Waals surface area contributed by atoms with Gasteiger partial charge in [-0.05, 0) is 6.54 Å². The number of aromatic nitrogens is 4. The highest BCUT2D eigenvalue weighted by molar-refractivity contribution is 6.35. The van der Waals surface area contributed by atoms with E-state index in [1.807, 2.05) is 7.28 Å². The summed E-state index contributed by atoms with van der Waals surface area (Å²) in [5, 5.41) is 20.4. The molecule has 4 atom stereocenters. The second kappa shape index (κ2) is 6.17. The van der Waals surface area contributed by atoms with Crippen molar-refractivity contribution in [2.24, 2.45) is 5.73 Å². The van der Waals surface area contributed by atoms with Gasteiger partial charge in [0.1, 0.15) is 31.3 Å². The molecule has 0 aliphatic carbocycles. The summed E-state index contributed by atoms with van der Waals surface area (Å²) < 4.78 is 7.33. The number of ether oxygens (including phenoxy) is 1. The third-order valence-electron chi connectivity index (χ3n) is 3.77. The maximum atomic E-state index is 10.2. The largest absolute Gasteiger partial charge is 0.388 e. The predicted molar refractivity (Wildman–Crippen MR) is 80.1 cm³/mol. The third kappa shape index (κ3) is 2.54. The number of hydrogen-bond acceptors (Lipinski definition) is 8. The van der Waals surface area contributed by atoms with Crippen LogP contribution in [0.25, 0.3) is 11.2 Å². The lowest BCUT2D eigenvalue weighted by molar-refractivity contribution is -0.0299. The lowest BCUT2D eigenvalue weighted by atomic mass is 9.68. The number of hydrogen-bond donors (Lipinski definition) is 4. The number of rotatable bonds is 5. The minimum absolute atomic E-state index is 0.254. The van der Waals surface area contributed by atoms with E-state index in [0.29, 0.717) is 24.0 Å². The Kier molecular flexibility index (Phi) is 4.25. The molecule has 1 fully saturated rings. The van der Waals surface area contributed by atoms with Gasteiger partial charge in [-0.3, -0.25) is 4.57 Å². The number of imidazole rings is 1. The third-order valence-corrected chi connectivity index (χ3v) is 3.77. The molecule has 0 amide bonds. The Morgan fingerprint density at radius 1 is 1.27 bits per heavy atom. The van der Waals surface area contributed by atoms with Crippen molar-refractivity contribution in [3.63, 3.8) is 0 Å². The Labute approximate surface area is 127 Å². The molecule has 0 spiro atoms. The fourth-order valence-electron chi connectivity index (χ4n) is 2.61. The number of anilines is 1. The molecule has 1 saturated heterocycles. The molecule has 1 radical (unpaired) electrons. The summed E-state index contributed by atoms with van der Waals surface area (Å²) >= 11 is 0. The first-order valence-electron chi connectivity index (χ1n) is 7.09. The Hall–Kier alpha value is -1.75. The van der Waals surface area contributed by atoms with Crippen molar-refractivity contribution in [1.82, 2.24) is 19.5 Å². The molecule has 1 aliphatic heterocycles. The van der Waals surface area contributed by atoms with Crippen LogP contribution in [-0.2, 0) is 4.74 Å². The topological polar surface area (TPSA) is 145 Å². The van der Waals surface area contributed by atoms with E-state index in [2.05, 4.69) is 15.0 Å². The average Bonchev–Trinajstić information content (AvgIpc) is 3.05. The molecule has 0 aromatic carbocycles. The highest BCUT2D eigenvalue weighted by Crippen LogP contribution is 2.33. The van der Waals surface area contributed by atoms with Crippen molar-refractivity contribution >= 4 is 24.3 Å². The van der Waals surface area contributed by atoms with E-state index >= 15 is 0 Å². The molecule has 117 valence electrons. The quantitative estimate of drug-likeness (QED) is 0.387. The maximum Gasteiger partial charge on any atom is 0.167 e. The first-order chi connectivity index (χ1) is 10.6. The molecule has 1 aliphatic rings. The molecule has 2 aromatic rings. The summed E-state index contributed by atoms with van der Waals surface area (Å²) in [5.74, 6) is 0.254. The molecule has 0 bridgehead atoms. The van der Waals surface area contributed by atoms with Crippen molar-refractivity contribution in [1.29, 1.82) is 0 Å². The molecule has 6 N–H and O–H groups in total. The van der Waals surface area contributed by atoms with Crippen LogP contribution in [0.4, 0.5) is 5.82 Å². The van der Waals surface area contributed by atoms with Crippen LogP contribution < -0.4 is 11.5 Å². The van der Waals surface area contributed by atoms with Crippen LogP contribution in [0.1, 0.15) is 6.23 Å². The Morgan fingerprint density at radius 2 is 2.09 bits per heavy atom. The van der Waals surface area contributed by atoms with Gasteiger partial charge < -0.3 is 26.4 Å². The predicted octanol–water partition coefficient (Wildman–Crippen LogP) is -1.47. The van der Waals surface area contributed by atoms with Gasteiger partial charge >= 0.3 is 0 Å². The van der Waals surface area contributed by atoms with Gasteiger partial charge in [0.2, 0.25) is 0 Å². The molecule has 3 rings (SSSR count). The fourth-order valence-corrected chi connectivity index (χ4v) is 2.61. The minimum Gasteiger partial charge on any atom is -0.388 e. The number of fused-ring (bicyclic) bond motifs is 1. The van der Waals surface area contributed by atoms with E-state index in [-0.39, 0.29) is 5.82 Å². The summed E-state index contributed by atoms with van der Waals surface area (Å²) in [6.07, 6.45) is 0.692. The molecule has 4 unspecified atom stereocenters. The van der Waals surface area contributed by atoms with Gasteiger partial charge in [0.15, 0.2) is 17.7 Å². The highest BCUT2D eigenvalue weighted by atomic mass is 16.6. The van der Waals surface area contributed by atoms with Gasteiger partial charge in [-0.15, -0.1) is 0 Å². The van der Waals surface area contributed by atoms with Gasteiger partial charge in [-0.2, -0.15) is 0 Å². The zero-order chi connectivity index (χ0) is 15.7. The zero-order valence-corrected chi connectivity index (χ0v) is 11.9. The average molecular weight is 305 g/mol. The molecular weight excluding hydrogens is 287 g/mol. The second-order valence-corrected chi connectivity index (χ2v) is 5.23. The maximum absolute atomic E-state index is 10.2. The summed E-state index contributed by atoms with van der Waals surface area (Å²) in [7, 11) is 1.94. The van der Waals surface area contributed by atoms with Gasteiger partial charge in [0.05, 0.1) is 12.4 Å². The number of aliphatic hydroxyl groups is 2. The lowest BCUT2D eigenvalue weighted by Gasteiger charge is -2.16. The molecule has 10 heteroatoms. The van der Waals surface area contributed by atoms with Gasteiger partial charge in [-0.25, -0.2) is 15.0 Å².